The van der Waals surface area contributed by atoms with Crippen LogP contribution in [-0.2, 0) is 71.8 Å². The van der Waals surface area contributed by atoms with Crippen molar-refractivity contribution in [1.82, 2.24) is 5.32 Å². The summed E-state index contributed by atoms with van der Waals surface area (Å²) in [5.41, 5.74) is 6.45. The third-order valence-corrected chi connectivity index (χ3v) is 10.3. The van der Waals surface area contributed by atoms with Crippen molar-refractivity contribution in [3.05, 3.63) is 35.9 Å². The Labute approximate surface area is 266 Å². The molecule has 4 N–H and O–H groups in total. The summed E-state index contributed by atoms with van der Waals surface area (Å²) in [6.45, 7) is 2.20. The number of aliphatic hydroxyl groups is 1. The largest absolute Gasteiger partial charge is 0.771 e. The normalized spacial score (nSPS) is 17.1. The van der Waals surface area contributed by atoms with E-state index in [-0.39, 0.29) is 6.42 Å². The van der Waals surface area contributed by atoms with E-state index in [4.69, 9.17) is 19.9 Å². The van der Waals surface area contributed by atoms with E-state index in [1.165, 1.54) is 0 Å². The smallest absolute Gasteiger partial charge is 0.331 e. The van der Waals surface area contributed by atoms with Gasteiger partial charge in [-0.25, -0.2) is 13.2 Å². The lowest BCUT2D eigenvalue weighted by atomic mass is 9.90. The van der Waals surface area contributed by atoms with Gasteiger partial charge in [-0.15, -0.1) is 0 Å². The molecule has 1 aromatic rings. The van der Waals surface area contributed by atoms with Gasteiger partial charge >= 0.3 is 17.9 Å². The van der Waals surface area contributed by atoms with Crippen LogP contribution in [0.2, 0.25) is 0 Å². The van der Waals surface area contributed by atoms with E-state index in [2.05, 4.69) is 5.32 Å². The van der Waals surface area contributed by atoms with E-state index in [9.17, 15) is 50.2 Å². The zero-order chi connectivity index (χ0) is 34.5. The summed E-state index contributed by atoms with van der Waals surface area (Å²) in [6, 6.07) is 4.42. The summed E-state index contributed by atoms with van der Waals surface area (Å²) in [4.78, 5) is 49.2. The highest BCUT2D eigenvalue weighted by Gasteiger charge is 2.44. The molecule has 19 heteroatoms. The molecule has 1 aromatic carbocycles. The number of benzene rings is 1. The average molecular weight is 699 g/mol. The van der Waals surface area contributed by atoms with Gasteiger partial charge in [-0.1, -0.05) is 30.3 Å². The van der Waals surface area contributed by atoms with Gasteiger partial charge in [0.15, 0.2) is 12.1 Å². The van der Waals surface area contributed by atoms with Crippen molar-refractivity contribution in [2.45, 2.75) is 68.4 Å². The number of nitrogens with two attached hydrogens (primary N) is 1. The molecule has 256 valence electrons. The Morgan fingerprint density at radius 3 is 1.96 bits per heavy atom. The Morgan fingerprint density at radius 1 is 1.02 bits per heavy atom. The number of esters is 3. The van der Waals surface area contributed by atoms with Crippen LogP contribution in [0.5, 0.6) is 0 Å². The van der Waals surface area contributed by atoms with Crippen LogP contribution in [0.3, 0.4) is 0 Å². The molecule has 0 spiro atoms. The first kappa shape index (κ1) is 40.2. The van der Waals surface area contributed by atoms with Crippen molar-refractivity contribution in [3.8, 4) is 0 Å². The highest BCUT2D eigenvalue weighted by molar-refractivity contribution is 7.99. The van der Waals surface area contributed by atoms with Crippen molar-refractivity contribution in [2.24, 2.45) is 11.7 Å². The summed E-state index contributed by atoms with van der Waals surface area (Å²) < 4.78 is 85.3. The summed E-state index contributed by atoms with van der Waals surface area (Å²) in [7, 11) is -3.68. The Hall–Kier alpha value is -2.81. The number of hydrogen-bond donors (Lipinski definition) is 3. The number of ether oxygens (including phenoxy) is 3. The molecule has 1 amide bonds. The number of hydrogen-bond acceptors (Lipinski definition) is 15. The van der Waals surface area contributed by atoms with Gasteiger partial charge in [0, 0.05) is 32.1 Å². The topological polar surface area (TPSA) is 269 Å². The molecule has 0 saturated heterocycles. The van der Waals surface area contributed by atoms with Gasteiger partial charge < -0.3 is 39.5 Å². The number of carbonyl (C=O) groups is 4. The number of carbonyl (C=O) groups excluding carboxylic acids is 4. The Balaban J connectivity index is 3.45. The van der Waals surface area contributed by atoms with Crippen LogP contribution in [0.1, 0.15) is 39.2 Å². The molecule has 0 fully saturated rings. The van der Waals surface area contributed by atoms with E-state index >= 15 is 0 Å². The average Bonchev–Trinajstić information content (AvgIpc) is 2.93. The monoisotopic (exact) mass is 698 g/mol. The Morgan fingerprint density at radius 2 is 1.53 bits per heavy atom. The maximum absolute atomic E-state index is 13.6. The van der Waals surface area contributed by atoms with Crippen LogP contribution < -0.4 is 11.1 Å². The van der Waals surface area contributed by atoms with Crippen molar-refractivity contribution >= 4 is 55.8 Å². The van der Waals surface area contributed by atoms with E-state index in [1.807, 2.05) is 0 Å². The lowest BCUT2D eigenvalue weighted by molar-refractivity contribution is -0.169. The predicted octanol–water partition coefficient (Wildman–Crippen LogP) is -1.64. The first-order valence-corrected chi connectivity index (χ1v) is 17.6. The number of aliphatic hydroxyl groups excluding tert-OH is 1. The number of amides is 1. The van der Waals surface area contributed by atoms with Crippen LogP contribution in [0.25, 0.3) is 0 Å². The fourth-order valence-electron chi connectivity index (χ4n) is 4.07. The number of sulfone groups is 1. The third-order valence-electron chi connectivity index (χ3n) is 6.42. The van der Waals surface area contributed by atoms with Crippen LogP contribution in [-0.4, -0.2) is 108 Å². The minimum absolute atomic E-state index is 0.259. The fraction of sp³-hybridized carbons (Fsp3) is 0.615. The molecule has 6 unspecified atom stereocenters. The Kier molecular flexibility index (Phi) is 16.4. The molecule has 6 atom stereocenters. The molecule has 0 heterocycles. The van der Waals surface area contributed by atoms with Crippen molar-refractivity contribution in [1.29, 1.82) is 0 Å². The van der Waals surface area contributed by atoms with Gasteiger partial charge in [0.25, 0.3) is 0 Å². The third kappa shape index (κ3) is 13.6. The number of nitrogens with one attached hydrogen (secondary N) is 1. The van der Waals surface area contributed by atoms with E-state index < -0.39 is 122 Å². The molecule has 0 saturated carbocycles. The fourth-order valence-corrected chi connectivity index (χ4v) is 6.60. The second-order valence-electron chi connectivity index (χ2n) is 10.3. The molecule has 0 aliphatic heterocycles. The zero-order valence-electron chi connectivity index (χ0n) is 25.1. The van der Waals surface area contributed by atoms with E-state index in [0.29, 0.717) is 5.56 Å². The lowest BCUT2D eigenvalue weighted by Crippen LogP contribution is -2.58. The molecule has 0 aromatic heterocycles. The Bertz CT molecular complexity index is 1290. The standard InChI is InChI=1S/C26H40N2O14S3/c1-16(29)23(25(33)42-21(14-40-17(2)30)15-41-18(3)31)28-24(32)20(12-19-8-6-5-7-9-19)13-26(43(34)35,44(36)37)22(27)10-11-45(4,38)39/h5-9,16,20-23,29H,10-15,27H2,1-4H3,(H,28,32)(H,34,35)(H,36,37)/p-2. The quantitative estimate of drug-likeness (QED) is 0.0830. The van der Waals surface area contributed by atoms with Gasteiger partial charge in [-0.05, 0) is 53.9 Å². The van der Waals surface area contributed by atoms with E-state index in [0.717, 1.165) is 27.0 Å². The second-order valence-corrected chi connectivity index (χ2v) is 15.2. The molecule has 45 heavy (non-hydrogen) atoms. The van der Waals surface area contributed by atoms with Gasteiger partial charge in [-0.3, -0.25) is 22.8 Å². The van der Waals surface area contributed by atoms with Gasteiger partial charge in [-0.2, -0.15) is 0 Å². The summed E-state index contributed by atoms with van der Waals surface area (Å²) in [5, 5.41) is 12.6. The maximum atomic E-state index is 13.6. The maximum Gasteiger partial charge on any atom is 0.331 e. The van der Waals surface area contributed by atoms with Crippen LogP contribution in [0.4, 0.5) is 0 Å². The van der Waals surface area contributed by atoms with Crippen LogP contribution in [0.15, 0.2) is 30.3 Å². The van der Waals surface area contributed by atoms with Gasteiger partial charge in [0.1, 0.15) is 27.1 Å². The van der Waals surface area contributed by atoms with Crippen LogP contribution >= 0.6 is 0 Å². The van der Waals surface area contributed by atoms with Gasteiger partial charge in [0.05, 0.1) is 11.9 Å². The van der Waals surface area contributed by atoms with Crippen molar-refractivity contribution < 1.29 is 64.4 Å². The molecular weight excluding hydrogens is 660 g/mol. The van der Waals surface area contributed by atoms with Gasteiger partial charge in [0.2, 0.25) is 5.91 Å². The first-order chi connectivity index (χ1) is 20.8. The molecule has 16 nitrogen and oxygen atoms in total. The SMILES string of the molecule is CC(=O)OCC(COC(C)=O)OC(=O)C(NC(=O)C(Cc1ccccc1)CC(C(N)CCS(C)(=O)=O)(S(=O)[O-])S(=O)[O-])C(C)O. The minimum atomic E-state index is -3.68. The highest BCUT2D eigenvalue weighted by atomic mass is 32.3. The van der Waals surface area contributed by atoms with Crippen molar-refractivity contribution in [3.63, 3.8) is 0 Å². The van der Waals surface area contributed by atoms with Crippen molar-refractivity contribution in [2.75, 3.05) is 25.2 Å². The first-order valence-electron chi connectivity index (χ1n) is 13.4. The predicted molar refractivity (Wildman–Crippen MR) is 158 cm³/mol. The second kappa shape index (κ2) is 18.4. The number of rotatable bonds is 19. The van der Waals surface area contributed by atoms with E-state index in [1.54, 1.807) is 30.3 Å². The highest BCUT2D eigenvalue weighted by Crippen LogP contribution is 2.33. The molecule has 1 rings (SSSR count). The summed E-state index contributed by atoms with van der Waals surface area (Å²) >= 11 is -6.97. The molecular formula is C26H38N2O14S3-2. The molecule has 0 bridgehead atoms. The summed E-state index contributed by atoms with van der Waals surface area (Å²) in [5.74, 6) is -5.97. The lowest BCUT2D eigenvalue weighted by Gasteiger charge is -2.44. The molecule has 0 radical (unpaired) electrons. The molecule has 0 aliphatic rings. The summed E-state index contributed by atoms with van der Waals surface area (Å²) in [6.07, 6.45) is -3.89. The van der Waals surface area contributed by atoms with Crippen LogP contribution in [0, 0.1) is 5.92 Å². The molecule has 0 aliphatic carbocycles. The minimum Gasteiger partial charge on any atom is -0.771 e. The zero-order valence-corrected chi connectivity index (χ0v) is 27.5.